The fourth-order valence-electron chi connectivity index (χ4n) is 1.22. The Kier molecular flexibility index (Phi) is 4.49. The SMILES string of the molecule is CNCCNc1cc(NC(C)(C)C)ncn1. The minimum atomic E-state index is 0.0105. The molecule has 0 aliphatic rings. The van der Waals surface area contributed by atoms with E-state index in [1.807, 2.05) is 13.1 Å². The Morgan fingerprint density at radius 3 is 2.44 bits per heavy atom. The molecule has 0 saturated heterocycles. The summed E-state index contributed by atoms with van der Waals surface area (Å²) >= 11 is 0. The molecule has 16 heavy (non-hydrogen) atoms. The molecular formula is C11H21N5. The maximum absolute atomic E-state index is 4.18. The van der Waals surface area contributed by atoms with E-state index in [1.165, 1.54) is 0 Å². The van der Waals surface area contributed by atoms with Crippen LogP contribution in [0, 0.1) is 0 Å². The third-order valence-corrected chi connectivity index (χ3v) is 1.85. The maximum atomic E-state index is 4.18. The van der Waals surface area contributed by atoms with E-state index in [1.54, 1.807) is 6.33 Å². The van der Waals surface area contributed by atoms with Gasteiger partial charge in [0, 0.05) is 24.7 Å². The molecule has 0 saturated carbocycles. The van der Waals surface area contributed by atoms with Crippen LogP contribution in [0.4, 0.5) is 11.6 Å². The van der Waals surface area contributed by atoms with Crippen molar-refractivity contribution in [3.05, 3.63) is 12.4 Å². The van der Waals surface area contributed by atoms with Gasteiger partial charge in [0.05, 0.1) is 0 Å². The summed E-state index contributed by atoms with van der Waals surface area (Å²) in [7, 11) is 1.92. The average Bonchev–Trinajstić information content (AvgIpc) is 2.16. The van der Waals surface area contributed by atoms with Gasteiger partial charge in [-0.05, 0) is 27.8 Å². The van der Waals surface area contributed by atoms with Gasteiger partial charge in [-0.1, -0.05) is 0 Å². The summed E-state index contributed by atoms with van der Waals surface area (Å²) in [5.74, 6) is 1.69. The van der Waals surface area contributed by atoms with Gasteiger partial charge in [0.25, 0.3) is 0 Å². The lowest BCUT2D eigenvalue weighted by atomic mass is 10.1. The molecule has 0 aliphatic heterocycles. The van der Waals surface area contributed by atoms with Crippen LogP contribution < -0.4 is 16.0 Å². The number of rotatable bonds is 5. The van der Waals surface area contributed by atoms with Crippen molar-refractivity contribution in [2.24, 2.45) is 0 Å². The largest absolute Gasteiger partial charge is 0.369 e. The van der Waals surface area contributed by atoms with E-state index >= 15 is 0 Å². The standard InChI is InChI=1S/C11H21N5/c1-11(2,3)16-10-7-9(14-8-15-10)13-6-5-12-4/h7-8,12H,5-6H2,1-4H3,(H2,13,14,15,16). The van der Waals surface area contributed by atoms with E-state index in [9.17, 15) is 0 Å². The van der Waals surface area contributed by atoms with Crippen molar-refractivity contribution in [2.75, 3.05) is 30.8 Å². The third-order valence-electron chi connectivity index (χ3n) is 1.85. The number of anilines is 2. The van der Waals surface area contributed by atoms with Gasteiger partial charge in [0.2, 0.25) is 0 Å². The normalized spacial score (nSPS) is 11.2. The Bertz CT molecular complexity index is 318. The van der Waals surface area contributed by atoms with Gasteiger partial charge in [-0.3, -0.25) is 0 Å². The van der Waals surface area contributed by atoms with Crippen LogP contribution in [0.15, 0.2) is 12.4 Å². The lowest BCUT2D eigenvalue weighted by Gasteiger charge is -2.21. The predicted octanol–water partition coefficient (Wildman–Crippen LogP) is 1.32. The van der Waals surface area contributed by atoms with Crippen molar-refractivity contribution in [2.45, 2.75) is 26.3 Å². The van der Waals surface area contributed by atoms with Gasteiger partial charge in [-0.25, -0.2) is 9.97 Å². The number of nitrogens with one attached hydrogen (secondary N) is 3. The minimum absolute atomic E-state index is 0.0105. The van der Waals surface area contributed by atoms with Gasteiger partial charge in [-0.15, -0.1) is 0 Å². The van der Waals surface area contributed by atoms with Gasteiger partial charge in [-0.2, -0.15) is 0 Å². The number of likely N-dealkylation sites (N-methyl/N-ethyl adjacent to an activating group) is 1. The molecule has 0 radical (unpaired) electrons. The van der Waals surface area contributed by atoms with Crippen LogP contribution >= 0.6 is 0 Å². The van der Waals surface area contributed by atoms with Crippen molar-refractivity contribution in [3.8, 4) is 0 Å². The smallest absolute Gasteiger partial charge is 0.131 e. The van der Waals surface area contributed by atoms with Crippen LogP contribution in [-0.2, 0) is 0 Å². The number of hydrogen-bond donors (Lipinski definition) is 3. The van der Waals surface area contributed by atoms with Crippen molar-refractivity contribution < 1.29 is 0 Å². The molecule has 3 N–H and O–H groups in total. The molecule has 1 aromatic heterocycles. The predicted molar refractivity (Wildman–Crippen MR) is 67.8 cm³/mol. The summed E-state index contributed by atoms with van der Waals surface area (Å²) in [6, 6.07) is 1.92. The molecule has 0 atom stereocenters. The average molecular weight is 223 g/mol. The lowest BCUT2D eigenvalue weighted by molar-refractivity contribution is 0.630. The summed E-state index contributed by atoms with van der Waals surface area (Å²) in [5.41, 5.74) is 0.0105. The monoisotopic (exact) mass is 223 g/mol. The highest BCUT2D eigenvalue weighted by Gasteiger charge is 2.10. The first-order chi connectivity index (χ1) is 7.51. The fraction of sp³-hybridized carbons (Fsp3) is 0.636. The van der Waals surface area contributed by atoms with Crippen LogP contribution in [0.3, 0.4) is 0 Å². The van der Waals surface area contributed by atoms with E-state index in [0.717, 1.165) is 24.7 Å². The molecule has 5 nitrogen and oxygen atoms in total. The number of aromatic nitrogens is 2. The highest BCUT2D eigenvalue weighted by Crippen LogP contribution is 2.13. The molecule has 0 amide bonds. The van der Waals surface area contributed by atoms with Gasteiger partial charge in [0.1, 0.15) is 18.0 Å². The van der Waals surface area contributed by atoms with Crippen LogP contribution in [0.1, 0.15) is 20.8 Å². The molecule has 1 aromatic rings. The Balaban J connectivity index is 2.57. The zero-order chi connectivity index (χ0) is 12.0. The zero-order valence-corrected chi connectivity index (χ0v) is 10.5. The second kappa shape index (κ2) is 5.65. The Morgan fingerprint density at radius 2 is 1.81 bits per heavy atom. The van der Waals surface area contributed by atoms with E-state index in [-0.39, 0.29) is 5.54 Å². The van der Waals surface area contributed by atoms with Gasteiger partial charge < -0.3 is 16.0 Å². The fourth-order valence-corrected chi connectivity index (χ4v) is 1.22. The van der Waals surface area contributed by atoms with Crippen LogP contribution in [0.5, 0.6) is 0 Å². The molecule has 0 bridgehead atoms. The van der Waals surface area contributed by atoms with Crippen molar-refractivity contribution in [1.82, 2.24) is 15.3 Å². The Hall–Kier alpha value is -1.36. The summed E-state index contributed by atoms with van der Waals surface area (Å²) in [5, 5.41) is 9.59. The summed E-state index contributed by atoms with van der Waals surface area (Å²) < 4.78 is 0. The second-order valence-electron chi connectivity index (χ2n) is 4.69. The van der Waals surface area contributed by atoms with Gasteiger partial charge >= 0.3 is 0 Å². The Labute approximate surface area is 97.1 Å². The highest BCUT2D eigenvalue weighted by molar-refractivity contribution is 5.47. The van der Waals surface area contributed by atoms with E-state index in [0.29, 0.717) is 0 Å². The molecule has 90 valence electrons. The Morgan fingerprint density at radius 1 is 1.12 bits per heavy atom. The summed E-state index contributed by atoms with van der Waals surface area (Å²) in [6.07, 6.45) is 1.57. The van der Waals surface area contributed by atoms with Crippen LogP contribution in [0.25, 0.3) is 0 Å². The van der Waals surface area contributed by atoms with E-state index in [4.69, 9.17) is 0 Å². The molecular weight excluding hydrogens is 202 g/mol. The minimum Gasteiger partial charge on any atom is -0.369 e. The first-order valence-corrected chi connectivity index (χ1v) is 5.50. The van der Waals surface area contributed by atoms with Crippen LogP contribution in [0.2, 0.25) is 0 Å². The molecule has 0 fully saturated rings. The molecule has 1 heterocycles. The summed E-state index contributed by atoms with van der Waals surface area (Å²) in [4.78, 5) is 8.33. The van der Waals surface area contributed by atoms with Crippen molar-refractivity contribution in [3.63, 3.8) is 0 Å². The van der Waals surface area contributed by atoms with Crippen molar-refractivity contribution >= 4 is 11.6 Å². The lowest BCUT2D eigenvalue weighted by Crippen LogP contribution is -2.26. The van der Waals surface area contributed by atoms with E-state index in [2.05, 4.69) is 46.7 Å². The summed E-state index contributed by atoms with van der Waals surface area (Å²) in [6.45, 7) is 8.06. The zero-order valence-electron chi connectivity index (χ0n) is 10.5. The first-order valence-electron chi connectivity index (χ1n) is 5.50. The molecule has 0 aliphatic carbocycles. The number of hydrogen-bond acceptors (Lipinski definition) is 5. The molecule has 1 rings (SSSR count). The topological polar surface area (TPSA) is 61.9 Å². The quantitative estimate of drug-likeness (QED) is 0.657. The molecule has 0 spiro atoms. The van der Waals surface area contributed by atoms with E-state index < -0.39 is 0 Å². The highest BCUT2D eigenvalue weighted by atomic mass is 15.1. The first kappa shape index (κ1) is 12.7. The molecule has 0 aromatic carbocycles. The second-order valence-corrected chi connectivity index (χ2v) is 4.69. The maximum Gasteiger partial charge on any atom is 0.131 e. The molecule has 0 unspecified atom stereocenters. The molecule has 5 heteroatoms. The van der Waals surface area contributed by atoms with Gasteiger partial charge in [0.15, 0.2) is 0 Å². The van der Waals surface area contributed by atoms with Crippen molar-refractivity contribution in [1.29, 1.82) is 0 Å². The number of nitrogens with zero attached hydrogens (tertiary/aromatic N) is 2. The third kappa shape index (κ3) is 4.93. The van der Waals surface area contributed by atoms with Crippen LogP contribution in [-0.4, -0.2) is 35.6 Å².